The van der Waals surface area contributed by atoms with Gasteiger partial charge in [0.05, 0.1) is 17.6 Å². The van der Waals surface area contributed by atoms with Crippen LogP contribution in [0, 0.1) is 12.8 Å². The third-order valence-electron chi connectivity index (χ3n) is 4.07. The summed E-state index contributed by atoms with van der Waals surface area (Å²) in [6, 6.07) is 4.71. The molecule has 1 aliphatic rings. The fourth-order valence-corrected chi connectivity index (χ4v) is 4.29. The Morgan fingerprint density at radius 1 is 1.36 bits per heavy atom. The van der Waals surface area contributed by atoms with E-state index in [9.17, 15) is 13.2 Å². The fraction of sp³-hybridized carbons (Fsp3) is 0.533. The number of piperidine rings is 1. The molecule has 1 fully saturated rings. The molecule has 0 bridgehead atoms. The van der Waals surface area contributed by atoms with Crippen LogP contribution in [0.3, 0.4) is 0 Å². The summed E-state index contributed by atoms with van der Waals surface area (Å²) in [6.07, 6.45) is 1.49. The van der Waals surface area contributed by atoms with Crippen molar-refractivity contribution in [3.8, 4) is 0 Å². The standard InChI is InChI=1S/C15H22N2O4S/c1-11-3-4-14(13(9-11)15(18)21-2)22(19,20)17-7-5-12(10-16)6-8-17/h3-4,9,12H,5-8,10,16H2,1-2H3. The van der Waals surface area contributed by atoms with Crippen molar-refractivity contribution in [2.24, 2.45) is 11.7 Å². The number of esters is 1. The Labute approximate surface area is 131 Å². The first-order valence-corrected chi connectivity index (χ1v) is 8.73. The Morgan fingerprint density at radius 2 is 2.00 bits per heavy atom. The summed E-state index contributed by atoms with van der Waals surface area (Å²) in [6.45, 7) is 3.23. The molecular weight excluding hydrogens is 304 g/mol. The molecule has 1 heterocycles. The molecule has 1 aliphatic heterocycles. The zero-order valence-electron chi connectivity index (χ0n) is 12.9. The smallest absolute Gasteiger partial charge is 0.339 e. The van der Waals surface area contributed by atoms with Crippen LogP contribution in [0.25, 0.3) is 0 Å². The van der Waals surface area contributed by atoms with Gasteiger partial charge in [-0.3, -0.25) is 0 Å². The van der Waals surface area contributed by atoms with E-state index < -0.39 is 16.0 Å². The Kier molecular flexibility index (Phi) is 5.20. The lowest BCUT2D eigenvalue weighted by molar-refractivity contribution is 0.0596. The van der Waals surface area contributed by atoms with Gasteiger partial charge in [0.1, 0.15) is 0 Å². The van der Waals surface area contributed by atoms with Crippen molar-refractivity contribution >= 4 is 16.0 Å². The molecule has 0 aromatic heterocycles. The molecule has 1 saturated heterocycles. The van der Waals surface area contributed by atoms with E-state index in [0.29, 0.717) is 25.6 Å². The van der Waals surface area contributed by atoms with Gasteiger partial charge in [0.2, 0.25) is 10.0 Å². The lowest BCUT2D eigenvalue weighted by Crippen LogP contribution is -2.40. The highest BCUT2D eigenvalue weighted by molar-refractivity contribution is 7.89. The number of benzene rings is 1. The largest absolute Gasteiger partial charge is 0.465 e. The van der Waals surface area contributed by atoms with Gasteiger partial charge in [-0.2, -0.15) is 4.31 Å². The van der Waals surface area contributed by atoms with Gasteiger partial charge >= 0.3 is 5.97 Å². The molecule has 0 spiro atoms. The van der Waals surface area contributed by atoms with Crippen LogP contribution in [-0.4, -0.2) is 45.4 Å². The van der Waals surface area contributed by atoms with Crippen molar-refractivity contribution < 1.29 is 17.9 Å². The van der Waals surface area contributed by atoms with Crippen LogP contribution < -0.4 is 5.73 Å². The summed E-state index contributed by atoms with van der Waals surface area (Å²) >= 11 is 0. The van der Waals surface area contributed by atoms with Crippen LogP contribution in [0.5, 0.6) is 0 Å². The third-order valence-corrected chi connectivity index (χ3v) is 6.02. The average molecular weight is 326 g/mol. The maximum Gasteiger partial charge on any atom is 0.339 e. The molecule has 22 heavy (non-hydrogen) atoms. The molecule has 0 aliphatic carbocycles. The van der Waals surface area contributed by atoms with Gasteiger partial charge in [0.15, 0.2) is 0 Å². The maximum absolute atomic E-state index is 12.8. The predicted molar refractivity (Wildman–Crippen MR) is 83.1 cm³/mol. The van der Waals surface area contributed by atoms with Gasteiger partial charge in [-0.25, -0.2) is 13.2 Å². The molecule has 122 valence electrons. The number of ether oxygens (including phenoxy) is 1. The Balaban J connectivity index is 2.36. The number of carbonyl (C=O) groups is 1. The number of sulfonamides is 1. The molecule has 1 aromatic rings. The molecule has 2 rings (SSSR count). The van der Waals surface area contributed by atoms with Crippen molar-refractivity contribution in [2.45, 2.75) is 24.7 Å². The van der Waals surface area contributed by atoms with E-state index >= 15 is 0 Å². The molecular formula is C15H22N2O4S. The second kappa shape index (κ2) is 6.76. The van der Waals surface area contributed by atoms with Gasteiger partial charge in [-0.1, -0.05) is 11.6 Å². The first-order chi connectivity index (χ1) is 10.4. The first kappa shape index (κ1) is 16.9. The van der Waals surface area contributed by atoms with Crippen LogP contribution >= 0.6 is 0 Å². The van der Waals surface area contributed by atoms with Crippen LogP contribution in [0.1, 0.15) is 28.8 Å². The lowest BCUT2D eigenvalue weighted by atomic mass is 9.99. The minimum Gasteiger partial charge on any atom is -0.465 e. The minimum absolute atomic E-state index is 0.0103. The quantitative estimate of drug-likeness (QED) is 0.838. The molecule has 0 amide bonds. The molecule has 0 atom stereocenters. The third kappa shape index (κ3) is 3.31. The summed E-state index contributed by atoms with van der Waals surface area (Å²) in [7, 11) is -2.46. The van der Waals surface area contributed by atoms with Crippen molar-refractivity contribution in [1.29, 1.82) is 0 Å². The lowest BCUT2D eigenvalue weighted by Gasteiger charge is -2.31. The number of rotatable bonds is 4. The van der Waals surface area contributed by atoms with E-state index in [2.05, 4.69) is 0 Å². The van der Waals surface area contributed by atoms with Gasteiger partial charge in [0, 0.05) is 13.1 Å². The normalized spacial score (nSPS) is 17.4. The van der Waals surface area contributed by atoms with Crippen LogP contribution in [-0.2, 0) is 14.8 Å². The predicted octanol–water partition coefficient (Wildman–Crippen LogP) is 1.14. The summed E-state index contributed by atoms with van der Waals surface area (Å²) in [5, 5.41) is 0. The van der Waals surface area contributed by atoms with Crippen LogP contribution in [0.2, 0.25) is 0 Å². The second-order valence-corrected chi connectivity index (χ2v) is 7.48. The summed E-state index contributed by atoms with van der Waals surface area (Å²) in [4.78, 5) is 11.9. The highest BCUT2D eigenvalue weighted by Gasteiger charge is 2.32. The highest BCUT2D eigenvalue weighted by atomic mass is 32.2. The van der Waals surface area contributed by atoms with E-state index in [-0.39, 0.29) is 10.5 Å². The maximum atomic E-state index is 12.8. The van der Waals surface area contributed by atoms with Gasteiger partial charge in [-0.05, 0) is 44.4 Å². The van der Waals surface area contributed by atoms with Crippen molar-refractivity contribution in [2.75, 3.05) is 26.7 Å². The van der Waals surface area contributed by atoms with E-state index in [1.54, 1.807) is 19.1 Å². The topological polar surface area (TPSA) is 89.7 Å². The molecule has 7 heteroatoms. The zero-order chi connectivity index (χ0) is 16.3. The fourth-order valence-electron chi connectivity index (χ4n) is 2.66. The van der Waals surface area contributed by atoms with Crippen LogP contribution in [0.4, 0.5) is 0 Å². The molecule has 1 aromatic carbocycles. The Bertz CT molecular complexity index is 650. The average Bonchev–Trinajstić information content (AvgIpc) is 2.53. The second-order valence-electron chi connectivity index (χ2n) is 5.57. The van der Waals surface area contributed by atoms with E-state index in [4.69, 9.17) is 10.5 Å². The van der Waals surface area contributed by atoms with Crippen molar-refractivity contribution in [3.63, 3.8) is 0 Å². The van der Waals surface area contributed by atoms with Gasteiger partial charge in [-0.15, -0.1) is 0 Å². The molecule has 2 N–H and O–H groups in total. The summed E-state index contributed by atoms with van der Waals surface area (Å²) in [5.41, 5.74) is 6.53. The number of nitrogens with two attached hydrogens (primary N) is 1. The van der Waals surface area contributed by atoms with Gasteiger partial charge in [0.25, 0.3) is 0 Å². The van der Waals surface area contributed by atoms with Crippen LogP contribution in [0.15, 0.2) is 23.1 Å². The molecule has 0 radical (unpaired) electrons. The first-order valence-electron chi connectivity index (χ1n) is 7.29. The zero-order valence-corrected chi connectivity index (χ0v) is 13.7. The summed E-state index contributed by atoms with van der Waals surface area (Å²) in [5.74, 6) is -0.274. The molecule has 0 saturated carbocycles. The number of methoxy groups -OCH3 is 1. The number of carbonyl (C=O) groups excluding carboxylic acids is 1. The van der Waals surface area contributed by atoms with E-state index in [1.807, 2.05) is 0 Å². The highest BCUT2D eigenvalue weighted by Crippen LogP contribution is 2.26. The van der Waals surface area contributed by atoms with Crippen molar-refractivity contribution in [3.05, 3.63) is 29.3 Å². The monoisotopic (exact) mass is 326 g/mol. The molecule has 0 unspecified atom stereocenters. The number of aryl methyl sites for hydroxylation is 1. The summed E-state index contributed by atoms with van der Waals surface area (Å²) < 4.78 is 31.8. The van der Waals surface area contributed by atoms with E-state index in [1.165, 1.54) is 17.5 Å². The van der Waals surface area contributed by atoms with E-state index in [0.717, 1.165) is 18.4 Å². The number of hydrogen-bond acceptors (Lipinski definition) is 5. The Morgan fingerprint density at radius 3 is 2.55 bits per heavy atom. The van der Waals surface area contributed by atoms with Gasteiger partial charge < -0.3 is 10.5 Å². The Hall–Kier alpha value is -1.44. The SMILES string of the molecule is COC(=O)c1cc(C)ccc1S(=O)(=O)N1CCC(CN)CC1. The molecule has 6 nitrogen and oxygen atoms in total. The number of nitrogens with zero attached hydrogens (tertiary/aromatic N) is 1. The number of hydrogen-bond donors (Lipinski definition) is 1. The van der Waals surface area contributed by atoms with Crippen molar-refractivity contribution in [1.82, 2.24) is 4.31 Å². The minimum atomic E-state index is -3.70.